The third-order valence-corrected chi connectivity index (χ3v) is 19.0. The van der Waals surface area contributed by atoms with Gasteiger partial charge in [0.25, 0.3) is 0 Å². The van der Waals surface area contributed by atoms with E-state index >= 15 is 0 Å². The molecule has 0 fully saturated rings. The maximum Gasteiger partial charge on any atom is 0.220 e. The van der Waals surface area contributed by atoms with Crippen LogP contribution in [0.1, 0.15) is 0 Å². The minimum absolute atomic E-state index is 0.900. The van der Waals surface area contributed by atoms with Crippen LogP contribution in [0.5, 0.6) is 0 Å². The highest BCUT2D eigenvalue weighted by Crippen LogP contribution is 2.39. The molecule has 0 N–H and O–H groups in total. The summed E-state index contributed by atoms with van der Waals surface area (Å²) in [5.74, 6) is 0.900. The molecule has 13 aromatic rings. The van der Waals surface area contributed by atoms with E-state index in [9.17, 15) is 0 Å². The van der Waals surface area contributed by atoms with Crippen molar-refractivity contribution in [1.82, 2.24) is 18.5 Å². The van der Waals surface area contributed by atoms with Crippen molar-refractivity contribution in [2.45, 2.75) is 0 Å². The Morgan fingerprint density at radius 2 is 0.984 bits per heavy atom. The highest BCUT2D eigenvalue weighted by molar-refractivity contribution is 7.30. The predicted molar refractivity (Wildman–Crippen MR) is 260 cm³/mol. The van der Waals surface area contributed by atoms with Gasteiger partial charge >= 0.3 is 0 Å². The predicted octanol–water partition coefficient (Wildman–Crippen LogP) is 11.3. The van der Waals surface area contributed by atoms with E-state index in [0.29, 0.717) is 0 Å². The van der Waals surface area contributed by atoms with Gasteiger partial charge in [-0.2, -0.15) is 0 Å². The number of imidazole rings is 2. The van der Waals surface area contributed by atoms with E-state index in [0.717, 1.165) is 50.3 Å². The fraction of sp³-hybridized carbons (Fsp3) is 0. The summed E-state index contributed by atoms with van der Waals surface area (Å²) in [6, 6.07) is 80.6. The molecule has 4 heterocycles. The second-order valence-corrected chi connectivity index (χ2v) is 20.7. The van der Waals surface area contributed by atoms with Gasteiger partial charge in [-0.3, -0.25) is 8.97 Å². The number of fused-ring (bicyclic) bond motifs is 12. The van der Waals surface area contributed by atoms with Crippen LogP contribution >= 0.6 is 11.3 Å². The number of aromatic nitrogens is 4. The lowest BCUT2D eigenvalue weighted by Crippen LogP contribution is -2.74. The van der Waals surface area contributed by atoms with E-state index in [2.05, 4.69) is 232 Å². The monoisotopic (exact) mass is 812 g/mol. The van der Waals surface area contributed by atoms with Gasteiger partial charge in [0.2, 0.25) is 5.78 Å². The number of benzene rings is 9. The summed E-state index contributed by atoms with van der Waals surface area (Å²) >= 11 is 1.93. The molecule has 0 bridgehead atoms. The molecule has 0 saturated heterocycles. The molecule has 4 aromatic heterocycles. The van der Waals surface area contributed by atoms with Gasteiger partial charge in [0.1, 0.15) is 5.52 Å². The van der Waals surface area contributed by atoms with E-state index < -0.39 is 8.07 Å². The fourth-order valence-corrected chi connectivity index (χ4v) is 16.9. The Balaban J connectivity index is 1.15. The smallest absolute Gasteiger partial charge is 0.220 e. The SMILES string of the molecule is c1ccc(-n2c3ccccc3n3c4ccc5c6ccccc6n(-c6cccc([Si](c7ccccc7)(c7ccccc7)c7cccc8c7sc7ccccc78)c6)c5c4nc23)cc1. The maximum absolute atomic E-state index is 5.62. The van der Waals surface area contributed by atoms with E-state index in [1.54, 1.807) is 0 Å². The van der Waals surface area contributed by atoms with Gasteiger partial charge in [-0.1, -0.05) is 158 Å². The standard InChI is InChI=1S/C55H36N4SSi/c1-4-18-37(19-5-1)58-47-30-13-14-31-48(47)59-49-35-34-44-42-26-10-12-29-46(42)57(53(44)52(49)56-55(58)59)38-20-16-25-41(36-38)61(39-21-6-2-7-22-39,40-23-8-3-9-24-40)51-33-17-28-45-43-27-11-15-32-50(43)60-54(45)51/h1-36H. The molecule has 0 unspecified atom stereocenters. The zero-order valence-corrected chi connectivity index (χ0v) is 34.8. The van der Waals surface area contributed by atoms with Crippen LogP contribution in [0.25, 0.3) is 81.2 Å². The van der Waals surface area contributed by atoms with Gasteiger partial charge in [-0.25, -0.2) is 4.98 Å². The van der Waals surface area contributed by atoms with E-state index in [1.165, 1.54) is 51.7 Å². The third-order valence-electron chi connectivity index (χ3n) is 12.8. The van der Waals surface area contributed by atoms with Crippen molar-refractivity contribution in [1.29, 1.82) is 0 Å². The molecule has 286 valence electrons. The van der Waals surface area contributed by atoms with Crippen molar-refractivity contribution in [2.75, 3.05) is 0 Å². The minimum atomic E-state index is -2.98. The second kappa shape index (κ2) is 13.2. The molecule has 0 aliphatic carbocycles. The average Bonchev–Trinajstić information content (AvgIpc) is 4.08. The van der Waals surface area contributed by atoms with Gasteiger partial charge in [0.05, 0.1) is 27.6 Å². The molecule has 0 radical (unpaired) electrons. The summed E-state index contributed by atoms with van der Waals surface area (Å²) in [7, 11) is -2.98. The van der Waals surface area contributed by atoms with Gasteiger partial charge in [-0.15, -0.1) is 11.3 Å². The summed E-state index contributed by atoms with van der Waals surface area (Å²) < 4.78 is 9.79. The molecule has 9 aromatic carbocycles. The van der Waals surface area contributed by atoms with E-state index in [-0.39, 0.29) is 0 Å². The molecule has 0 spiro atoms. The first kappa shape index (κ1) is 34.4. The largest absolute Gasteiger partial charge is 0.307 e. The van der Waals surface area contributed by atoms with Crippen molar-refractivity contribution in [2.24, 2.45) is 0 Å². The third kappa shape index (κ3) is 4.83. The molecule has 0 aliphatic rings. The number of nitrogens with zero attached hydrogens (tertiary/aromatic N) is 4. The zero-order valence-electron chi connectivity index (χ0n) is 33.0. The molecule has 6 heteroatoms. The Kier molecular flexibility index (Phi) is 7.46. The van der Waals surface area contributed by atoms with Crippen LogP contribution in [0.15, 0.2) is 218 Å². The van der Waals surface area contributed by atoms with Crippen LogP contribution in [-0.4, -0.2) is 26.6 Å². The maximum atomic E-state index is 5.62. The minimum Gasteiger partial charge on any atom is -0.307 e. The molecular weight excluding hydrogens is 777 g/mol. The summed E-state index contributed by atoms with van der Waals surface area (Å²) in [5.41, 5.74) is 8.81. The van der Waals surface area contributed by atoms with Crippen molar-refractivity contribution in [3.05, 3.63) is 218 Å². The first-order valence-corrected chi connectivity index (χ1v) is 23.6. The van der Waals surface area contributed by atoms with Crippen LogP contribution in [0, 0.1) is 0 Å². The summed E-state index contributed by atoms with van der Waals surface area (Å²) in [6.07, 6.45) is 0. The Bertz CT molecular complexity index is 3780. The van der Waals surface area contributed by atoms with Crippen molar-refractivity contribution in [3.63, 3.8) is 0 Å². The number of hydrogen-bond acceptors (Lipinski definition) is 2. The molecular formula is C55H36N4SSi. The zero-order chi connectivity index (χ0) is 40.1. The van der Waals surface area contributed by atoms with Crippen molar-refractivity contribution < 1.29 is 0 Å². The normalized spacial score (nSPS) is 12.3. The summed E-state index contributed by atoms with van der Waals surface area (Å²) in [6.45, 7) is 0. The van der Waals surface area contributed by atoms with Gasteiger partial charge in [-0.05, 0) is 81.4 Å². The first-order chi connectivity index (χ1) is 30.3. The molecule has 0 amide bonds. The summed E-state index contributed by atoms with van der Waals surface area (Å²) in [4.78, 5) is 5.62. The van der Waals surface area contributed by atoms with Gasteiger partial charge in [0.15, 0.2) is 8.07 Å². The topological polar surface area (TPSA) is 27.2 Å². The van der Waals surface area contributed by atoms with E-state index in [1.807, 2.05) is 11.3 Å². The Morgan fingerprint density at radius 1 is 0.393 bits per heavy atom. The van der Waals surface area contributed by atoms with Crippen molar-refractivity contribution >= 4 is 110 Å². The van der Waals surface area contributed by atoms with E-state index in [4.69, 9.17) is 4.98 Å². The molecule has 61 heavy (non-hydrogen) atoms. The number of thiophene rings is 1. The van der Waals surface area contributed by atoms with Crippen LogP contribution in [0.3, 0.4) is 0 Å². The fourth-order valence-electron chi connectivity index (χ4n) is 10.3. The second-order valence-electron chi connectivity index (χ2n) is 15.9. The van der Waals surface area contributed by atoms with Crippen LogP contribution in [0.4, 0.5) is 0 Å². The van der Waals surface area contributed by atoms with Crippen LogP contribution in [-0.2, 0) is 0 Å². The average molecular weight is 813 g/mol. The van der Waals surface area contributed by atoms with Gasteiger partial charge in [0, 0.05) is 42.3 Å². The molecule has 4 nitrogen and oxygen atoms in total. The quantitative estimate of drug-likeness (QED) is 0.121. The molecule has 0 atom stereocenters. The molecule has 0 aliphatic heterocycles. The lowest BCUT2D eigenvalue weighted by molar-refractivity contribution is 1.11. The number of para-hydroxylation sites is 4. The summed E-state index contributed by atoms with van der Waals surface area (Å²) in [5, 5.41) is 10.5. The lowest BCUT2D eigenvalue weighted by Gasteiger charge is -2.35. The van der Waals surface area contributed by atoms with Crippen LogP contribution in [0.2, 0.25) is 0 Å². The molecule has 13 rings (SSSR count). The highest BCUT2D eigenvalue weighted by Gasteiger charge is 2.43. The first-order valence-electron chi connectivity index (χ1n) is 20.8. The molecule has 0 saturated carbocycles. The lowest BCUT2D eigenvalue weighted by atomic mass is 10.1. The Labute approximate surface area is 356 Å². The highest BCUT2D eigenvalue weighted by atomic mass is 32.1. The Hall–Kier alpha value is -7.51. The number of rotatable bonds is 6. The van der Waals surface area contributed by atoms with Crippen molar-refractivity contribution in [3.8, 4) is 11.4 Å². The van der Waals surface area contributed by atoms with Crippen LogP contribution < -0.4 is 20.7 Å². The number of hydrogen-bond donors (Lipinski definition) is 0. The Morgan fingerprint density at radius 3 is 1.75 bits per heavy atom. The van der Waals surface area contributed by atoms with Gasteiger partial charge < -0.3 is 4.57 Å².